The number of furan rings is 1. The number of thiazole rings is 1. The number of halogens is 2. The minimum absolute atomic E-state index is 0.286. The largest absolute Gasteiger partial charge is 0.467 e. The van der Waals surface area contributed by atoms with Gasteiger partial charge < -0.3 is 9.73 Å². The summed E-state index contributed by atoms with van der Waals surface area (Å²) in [6, 6.07) is 7.10. The Morgan fingerprint density at radius 3 is 2.90 bits per heavy atom. The van der Waals surface area contributed by atoms with E-state index in [0.29, 0.717) is 17.4 Å². The minimum atomic E-state index is -0.618. The predicted octanol–water partition coefficient (Wildman–Crippen LogP) is 4.29. The van der Waals surface area contributed by atoms with Gasteiger partial charge >= 0.3 is 0 Å². The molecule has 2 aromatic heterocycles. The van der Waals surface area contributed by atoms with Gasteiger partial charge in [0.2, 0.25) is 0 Å². The van der Waals surface area contributed by atoms with Crippen LogP contribution in [0.5, 0.6) is 0 Å². The summed E-state index contributed by atoms with van der Waals surface area (Å²) in [6.07, 6.45) is 1.60. The second kappa shape index (κ2) is 5.42. The topological polar surface area (TPSA) is 38.1 Å². The third-order valence-corrected chi connectivity index (χ3v) is 3.51. The van der Waals surface area contributed by atoms with Crippen LogP contribution >= 0.6 is 11.3 Å². The van der Waals surface area contributed by atoms with Crippen molar-refractivity contribution in [3.8, 4) is 11.3 Å². The summed E-state index contributed by atoms with van der Waals surface area (Å²) < 4.78 is 31.7. The second-order valence-corrected chi connectivity index (χ2v) is 4.95. The lowest BCUT2D eigenvalue weighted by Gasteiger charge is -2.00. The van der Waals surface area contributed by atoms with E-state index in [1.807, 2.05) is 6.07 Å². The fraction of sp³-hybridized carbons (Fsp3) is 0.0714. The lowest BCUT2D eigenvalue weighted by molar-refractivity contribution is 0.518. The Morgan fingerprint density at radius 2 is 2.15 bits per heavy atom. The average molecular weight is 292 g/mol. The first-order chi connectivity index (χ1) is 9.72. The van der Waals surface area contributed by atoms with Crippen molar-refractivity contribution in [3.63, 3.8) is 0 Å². The van der Waals surface area contributed by atoms with Crippen molar-refractivity contribution >= 4 is 16.5 Å². The van der Waals surface area contributed by atoms with Gasteiger partial charge in [-0.2, -0.15) is 0 Å². The summed E-state index contributed by atoms with van der Waals surface area (Å²) in [5.74, 6) is -0.430. The van der Waals surface area contributed by atoms with Gasteiger partial charge in [-0.25, -0.2) is 13.8 Å². The molecule has 1 aromatic carbocycles. The molecule has 20 heavy (non-hydrogen) atoms. The first-order valence-electron chi connectivity index (χ1n) is 5.89. The zero-order chi connectivity index (χ0) is 13.9. The van der Waals surface area contributed by atoms with Crippen molar-refractivity contribution in [2.24, 2.45) is 0 Å². The molecule has 1 N–H and O–H groups in total. The van der Waals surface area contributed by atoms with E-state index in [0.717, 1.165) is 11.8 Å². The Labute approximate surface area is 117 Å². The van der Waals surface area contributed by atoms with Gasteiger partial charge in [-0.15, -0.1) is 11.3 Å². The molecule has 3 rings (SSSR count). The number of anilines is 1. The zero-order valence-electron chi connectivity index (χ0n) is 10.3. The second-order valence-electron chi connectivity index (χ2n) is 4.09. The highest BCUT2D eigenvalue weighted by atomic mass is 32.1. The summed E-state index contributed by atoms with van der Waals surface area (Å²) >= 11 is 1.35. The summed E-state index contributed by atoms with van der Waals surface area (Å²) in [5, 5.41) is 5.46. The van der Waals surface area contributed by atoms with Crippen LogP contribution in [-0.2, 0) is 6.54 Å². The van der Waals surface area contributed by atoms with E-state index in [2.05, 4.69) is 10.3 Å². The average Bonchev–Trinajstić information content (AvgIpc) is 3.07. The van der Waals surface area contributed by atoms with Crippen molar-refractivity contribution in [2.45, 2.75) is 6.54 Å². The van der Waals surface area contributed by atoms with E-state index >= 15 is 0 Å². The van der Waals surface area contributed by atoms with Crippen LogP contribution in [0, 0.1) is 11.6 Å². The number of hydrogen-bond donors (Lipinski definition) is 1. The Balaban J connectivity index is 1.76. The number of hydrogen-bond acceptors (Lipinski definition) is 4. The molecule has 0 bridgehead atoms. The van der Waals surface area contributed by atoms with Gasteiger partial charge in [0, 0.05) is 17.0 Å². The Hall–Kier alpha value is -2.21. The SMILES string of the molecule is Fc1ccc(-c2csc(NCc3ccco3)n2)c(F)c1. The first-order valence-corrected chi connectivity index (χ1v) is 6.77. The zero-order valence-corrected chi connectivity index (χ0v) is 11.1. The van der Waals surface area contributed by atoms with Crippen molar-refractivity contribution < 1.29 is 13.2 Å². The van der Waals surface area contributed by atoms with Crippen LogP contribution in [0.2, 0.25) is 0 Å². The van der Waals surface area contributed by atoms with Crippen molar-refractivity contribution in [3.05, 3.63) is 59.4 Å². The molecule has 2 heterocycles. The molecule has 0 aliphatic heterocycles. The van der Waals surface area contributed by atoms with Crippen molar-refractivity contribution in [2.75, 3.05) is 5.32 Å². The van der Waals surface area contributed by atoms with Crippen molar-refractivity contribution in [1.82, 2.24) is 4.98 Å². The minimum Gasteiger partial charge on any atom is -0.467 e. The van der Waals surface area contributed by atoms with Gasteiger partial charge in [-0.3, -0.25) is 0 Å². The summed E-state index contributed by atoms with van der Waals surface area (Å²) in [5.41, 5.74) is 0.767. The third kappa shape index (κ3) is 2.70. The van der Waals surface area contributed by atoms with E-state index < -0.39 is 11.6 Å². The summed E-state index contributed by atoms with van der Waals surface area (Å²) in [7, 11) is 0. The third-order valence-electron chi connectivity index (χ3n) is 2.71. The lowest BCUT2D eigenvalue weighted by atomic mass is 10.1. The van der Waals surface area contributed by atoms with Crippen LogP contribution in [0.3, 0.4) is 0 Å². The molecule has 102 valence electrons. The fourth-order valence-corrected chi connectivity index (χ4v) is 2.46. The van der Waals surface area contributed by atoms with E-state index in [1.165, 1.54) is 23.5 Å². The first kappa shape index (κ1) is 12.8. The standard InChI is InChI=1S/C14H10F2N2OS/c15-9-3-4-11(12(16)6-9)13-8-20-14(18-13)17-7-10-2-1-5-19-10/h1-6,8H,7H2,(H,17,18). The summed E-state index contributed by atoms with van der Waals surface area (Å²) in [6.45, 7) is 0.506. The smallest absolute Gasteiger partial charge is 0.183 e. The molecule has 0 fully saturated rings. The molecule has 0 aliphatic rings. The van der Waals surface area contributed by atoms with Crippen LogP contribution in [0.15, 0.2) is 46.4 Å². The molecule has 0 spiro atoms. The Bertz CT molecular complexity index is 710. The molecule has 0 atom stereocenters. The van der Waals surface area contributed by atoms with Gasteiger partial charge in [0.15, 0.2) is 5.13 Å². The predicted molar refractivity (Wildman–Crippen MR) is 73.5 cm³/mol. The summed E-state index contributed by atoms with van der Waals surface area (Å²) in [4.78, 5) is 4.27. The molecule has 0 radical (unpaired) electrons. The van der Waals surface area contributed by atoms with E-state index in [-0.39, 0.29) is 5.56 Å². The van der Waals surface area contributed by atoms with Crippen LogP contribution in [0.4, 0.5) is 13.9 Å². The molecule has 6 heteroatoms. The monoisotopic (exact) mass is 292 g/mol. The van der Waals surface area contributed by atoms with Gasteiger partial charge in [0.1, 0.15) is 17.4 Å². The van der Waals surface area contributed by atoms with E-state index in [1.54, 1.807) is 17.7 Å². The highest BCUT2D eigenvalue weighted by Crippen LogP contribution is 2.27. The number of aromatic nitrogens is 1. The maximum atomic E-state index is 13.6. The molecule has 3 nitrogen and oxygen atoms in total. The number of benzene rings is 1. The molecule has 0 unspecified atom stereocenters. The highest BCUT2D eigenvalue weighted by molar-refractivity contribution is 7.14. The maximum absolute atomic E-state index is 13.6. The number of nitrogens with one attached hydrogen (secondary N) is 1. The Morgan fingerprint density at radius 1 is 1.25 bits per heavy atom. The molecule has 0 amide bonds. The van der Waals surface area contributed by atoms with E-state index in [9.17, 15) is 8.78 Å². The van der Waals surface area contributed by atoms with E-state index in [4.69, 9.17) is 4.42 Å². The Kier molecular flexibility index (Phi) is 3.47. The lowest BCUT2D eigenvalue weighted by Crippen LogP contribution is -1.97. The maximum Gasteiger partial charge on any atom is 0.183 e. The van der Waals surface area contributed by atoms with Crippen LogP contribution < -0.4 is 5.32 Å². The molecule has 0 aliphatic carbocycles. The van der Waals surface area contributed by atoms with Crippen LogP contribution in [0.25, 0.3) is 11.3 Å². The van der Waals surface area contributed by atoms with Gasteiger partial charge in [0.05, 0.1) is 18.5 Å². The molecular weight excluding hydrogens is 282 g/mol. The molecule has 3 aromatic rings. The van der Waals surface area contributed by atoms with Gasteiger partial charge in [0.25, 0.3) is 0 Å². The normalized spacial score (nSPS) is 10.7. The van der Waals surface area contributed by atoms with Gasteiger partial charge in [-0.1, -0.05) is 0 Å². The number of nitrogens with zero attached hydrogens (tertiary/aromatic N) is 1. The molecular formula is C14H10F2N2OS. The quantitative estimate of drug-likeness (QED) is 0.779. The van der Waals surface area contributed by atoms with Crippen molar-refractivity contribution in [1.29, 1.82) is 0 Å². The van der Waals surface area contributed by atoms with Gasteiger partial charge in [-0.05, 0) is 24.3 Å². The molecule has 0 saturated heterocycles. The number of rotatable bonds is 4. The van der Waals surface area contributed by atoms with Crippen LogP contribution in [0.1, 0.15) is 5.76 Å². The highest BCUT2D eigenvalue weighted by Gasteiger charge is 2.10. The fourth-order valence-electron chi connectivity index (χ4n) is 1.75. The van der Waals surface area contributed by atoms with Crippen LogP contribution in [-0.4, -0.2) is 4.98 Å². The molecule has 0 saturated carbocycles.